The van der Waals surface area contributed by atoms with Gasteiger partial charge in [0.15, 0.2) is 0 Å². The topological polar surface area (TPSA) is 21.3 Å². The molecule has 0 spiro atoms. The third kappa shape index (κ3) is 6.29. The Kier molecular flexibility index (Phi) is 8.83. The van der Waals surface area contributed by atoms with Crippen LogP contribution in [0.15, 0.2) is 247 Å². The van der Waals surface area contributed by atoms with E-state index in [4.69, 9.17) is 4.42 Å². The number of aromatic nitrogens is 1. The minimum absolute atomic E-state index is 0.894. The number of para-hydroxylation sites is 4. The molecule has 12 rings (SSSR count). The lowest BCUT2D eigenvalue weighted by atomic mass is 9.98. The summed E-state index contributed by atoms with van der Waals surface area (Å²) in [5, 5.41) is 4.69. The number of nitrogens with zero attached hydrogens (tertiary/aromatic N) is 2. The van der Waals surface area contributed by atoms with Crippen molar-refractivity contribution in [2.45, 2.75) is 0 Å². The Morgan fingerprint density at radius 2 is 0.825 bits per heavy atom. The van der Waals surface area contributed by atoms with Crippen molar-refractivity contribution in [1.29, 1.82) is 0 Å². The van der Waals surface area contributed by atoms with Crippen molar-refractivity contribution in [3.8, 4) is 50.2 Å². The number of furan rings is 1. The second kappa shape index (κ2) is 15.3. The van der Waals surface area contributed by atoms with Gasteiger partial charge < -0.3 is 13.9 Å². The summed E-state index contributed by atoms with van der Waals surface area (Å²) in [6.45, 7) is 0. The van der Waals surface area contributed by atoms with Gasteiger partial charge >= 0.3 is 0 Å². The number of anilines is 3. The number of rotatable bonds is 8. The van der Waals surface area contributed by atoms with Gasteiger partial charge in [-0.1, -0.05) is 182 Å². The molecule has 2 aromatic heterocycles. The molecule has 10 aromatic carbocycles. The predicted octanol–water partition coefficient (Wildman–Crippen LogP) is 16.8. The zero-order valence-electron chi connectivity index (χ0n) is 34.4. The minimum Gasteiger partial charge on any atom is -0.456 e. The molecule has 0 aliphatic rings. The normalized spacial score (nSPS) is 11.5. The minimum atomic E-state index is 0.894. The van der Waals surface area contributed by atoms with Gasteiger partial charge in [-0.3, -0.25) is 0 Å². The Morgan fingerprint density at radius 3 is 1.54 bits per heavy atom. The van der Waals surface area contributed by atoms with E-state index in [2.05, 4.69) is 246 Å². The summed E-state index contributed by atoms with van der Waals surface area (Å²) in [4.78, 5) is 2.40. The SMILES string of the molecule is c1ccc(-c2ccc(N(c3ccc(-c4ccccc4)cc3)c3ccccc3-c3ccccc3-n3c4ccccc4c4ccc(-c5cccc6oc7ccccc7c56)cc43)cc2)cc1. The standard InChI is InChI=1S/C60H40N2O/c1-3-16-41(17-4-1)43-30-35-46(36-31-43)61(47-37-32-44(33-38-47)42-18-5-2-6-19-42)54-25-11-7-20-49(54)50-21-8-12-26-55(50)62-56-27-13-9-22-51(56)52-39-34-45(40-57(52)62)48-24-15-29-59-60(48)53-23-10-14-28-58(53)63-59/h1-40H. The molecule has 3 heteroatoms. The maximum Gasteiger partial charge on any atom is 0.136 e. The van der Waals surface area contributed by atoms with Crippen LogP contribution in [0.3, 0.4) is 0 Å². The molecule has 0 atom stereocenters. The fourth-order valence-electron chi connectivity index (χ4n) is 9.50. The second-order valence-electron chi connectivity index (χ2n) is 16.1. The molecule has 0 aliphatic heterocycles. The van der Waals surface area contributed by atoms with Crippen LogP contribution >= 0.6 is 0 Å². The Labute approximate surface area is 366 Å². The number of fused-ring (bicyclic) bond motifs is 6. The van der Waals surface area contributed by atoms with Crippen molar-refractivity contribution in [3.05, 3.63) is 243 Å². The smallest absolute Gasteiger partial charge is 0.136 e. The lowest BCUT2D eigenvalue weighted by Crippen LogP contribution is -2.11. The largest absolute Gasteiger partial charge is 0.456 e. The summed E-state index contributed by atoms with van der Waals surface area (Å²) in [6, 6.07) is 87.2. The van der Waals surface area contributed by atoms with Gasteiger partial charge in [-0.15, -0.1) is 0 Å². The maximum atomic E-state index is 6.35. The molecule has 0 amide bonds. The first-order valence-corrected chi connectivity index (χ1v) is 21.5. The lowest BCUT2D eigenvalue weighted by Gasteiger charge is -2.29. The molecule has 0 fully saturated rings. The van der Waals surface area contributed by atoms with Crippen molar-refractivity contribution < 1.29 is 4.42 Å². The zero-order chi connectivity index (χ0) is 41.7. The summed E-state index contributed by atoms with van der Waals surface area (Å²) >= 11 is 0. The molecule has 0 radical (unpaired) electrons. The van der Waals surface area contributed by atoms with E-state index in [0.717, 1.165) is 78.0 Å². The average molecular weight is 805 g/mol. The summed E-state index contributed by atoms with van der Waals surface area (Å²) in [5.41, 5.74) is 17.8. The quantitative estimate of drug-likeness (QED) is 0.153. The third-order valence-electron chi connectivity index (χ3n) is 12.4. The van der Waals surface area contributed by atoms with Crippen LogP contribution in [-0.4, -0.2) is 4.57 Å². The summed E-state index contributed by atoms with van der Waals surface area (Å²) in [5.74, 6) is 0. The molecule has 0 aliphatic carbocycles. The molecule has 2 heterocycles. The van der Waals surface area contributed by atoms with Crippen LogP contribution in [0.25, 0.3) is 93.9 Å². The van der Waals surface area contributed by atoms with Crippen molar-refractivity contribution in [2.75, 3.05) is 4.90 Å². The molecule has 0 saturated heterocycles. The summed E-state index contributed by atoms with van der Waals surface area (Å²) in [7, 11) is 0. The van der Waals surface area contributed by atoms with Crippen LogP contribution in [-0.2, 0) is 0 Å². The number of hydrogen-bond acceptors (Lipinski definition) is 2. The molecule has 296 valence electrons. The average Bonchev–Trinajstić information content (AvgIpc) is 3.91. The van der Waals surface area contributed by atoms with E-state index in [1.807, 2.05) is 6.07 Å². The second-order valence-corrected chi connectivity index (χ2v) is 16.1. The molecule has 12 aromatic rings. The van der Waals surface area contributed by atoms with Crippen LogP contribution in [0.4, 0.5) is 17.1 Å². The van der Waals surface area contributed by atoms with Crippen LogP contribution in [0.1, 0.15) is 0 Å². The molecule has 0 saturated carbocycles. The van der Waals surface area contributed by atoms with E-state index >= 15 is 0 Å². The predicted molar refractivity (Wildman–Crippen MR) is 264 cm³/mol. The van der Waals surface area contributed by atoms with Gasteiger partial charge in [0, 0.05) is 44.0 Å². The van der Waals surface area contributed by atoms with Crippen LogP contribution < -0.4 is 4.90 Å². The number of benzene rings is 10. The first-order chi connectivity index (χ1) is 31.3. The molecule has 63 heavy (non-hydrogen) atoms. The van der Waals surface area contributed by atoms with E-state index in [1.54, 1.807) is 0 Å². The highest BCUT2D eigenvalue weighted by Gasteiger charge is 2.22. The van der Waals surface area contributed by atoms with Crippen molar-refractivity contribution >= 4 is 60.8 Å². The van der Waals surface area contributed by atoms with Crippen molar-refractivity contribution in [2.24, 2.45) is 0 Å². The summed E-state index contributed by atoms with van der Waals surface area (Å²) in [6.07, 6.45) is 0. The van der Waals surface area contributed by atoms with E-state index < -0.39 is 0 Å². The fraction of sp³-hybridized carbons (Fsp3) is 0. The summed E-state index contributed by atoms with van der Waals surface area (Å²) < 4.78 is 8.80. The molecular formula is C60H40N2O. The highest BCUT2D eigenvalue weighted by molar-refractivity contribution is 6.15. The van der Waals surface area contributed by atoms with Gasteiger partial charge in [-0.25, -0.2) is 0 Å². The van der Waals surface area contributed by atoms with Gasteiger partial charge in [-0.2, -0.15) is 0 Å². The molecule has 0 bridgehead atoms. The van der Waals surface area contributed by atoms with Crippen LogP contribution in [0.2, 0.25) is 0 Å². The fourth-order valence-corrected chi connectivity index (χ4v) is 9.50. The van der Waals surface area contributed by atoms with E-state index in [9.17, 15) is 0 Å². The van der Waals surface area contributed by atoms with Crippen LogP contribution in [0.5, 0.6) is 0 Å². The number of hydrogen-bond donors (Lipinski definition) is 0. The Hall–Kier alpha value is -8.40. The van der Waals surface area contributed by atoms with Crippen molar-refractivity contribution in [3.63, 3.8) is 0 Å². The Morgan fingerprint density at radius 1 is 0.317 bits per heavy atom. The molecule has 0 N–H and O–H groups in total. The lowest BCUT2D eigenvalue weighted by molar-refractivity contribution is 0.669. The highest BCUT2D eigenvalue weighted by Crippen LogP contribution is 2.45. The van der Waals surface area contributed by atoms with Gasteiger partial charge in [0.1, 0.15) is 11.2 Å². The van der Waals surface area contributed by atoms with Gasteiger partial charge in [-0.05, 0) is 94.0 Å². The maximum absolute atomic E-state index is 6.35. The molecule has 3 nitrogen and oxygen atoms in total. The van der Waals surface area contributed by atoms with Crippen LogP contribution in [0, 0.1) is 0 Å². The zero-order valence-corrected chi connectivity index (χ0v) is 34.4. The van der Waals surface area contributed by atoms with E-state index in [0.29, 0.717) is 0 Å². The van der Waals surface area contributed by atoms with Gasteiger partial charge in [0.25, 0.3) is 0 Å². The molecular weight excluding hydrogens is 765 g/mol. The monoisotopic (exact) mass is 804 g/mol. The van der Waals surface area contributed by atoms with Gasteiger partial charge in [0.2, 0.25) is 0 Å². The van der Waals surface area contributed by atoms with Gasteiger partial charge in [0.05, 0.1) is 22.4 Å². The first-order valence-electron chi connectivity index (χ1n) is 21.5. The van der Waals surface area contributed by atoms with E-state index in [1.165, 1.54) is 33.0 Å². The Balaban J connectivity index is 1.05. The van der Waals surface area contributed by atoms with E-state index in [-0.39, 0.29) is 0 Å². The Bertz CT molecular complexity index is 3520. The molecule has 0 unspecified atom stereocenters. The van der Waals surface area contributed by atoms with Crippen molar-refractivity contribution in [1.82, 2.24) is 4.57 Å². The highest BCUT2D eigenvalue weighted by atomic mass is 16.3. The third-order valence-corrected chi connectivity index (χ3v) is 12.4. The first kappa shape index (κ1) is 36.5.